The molecule has 4 aromatic rings. The minimum Gasteiger partial charge on any atom is -0.454 e. The highest BCUT2D eigenvalue weighted by molar-refractivity contribution is 6.30. The second-order valence-electron chi connectivity index (χ2n) is 6.32. The van der Waals surface area contributed by atoms with E-state index in [1.807, 2.05) is 24.3 Å². The lowest BCUT2D eigenvalue weighted by molar-refractivity contribution is 0.0977. The average Bonchev–Trinajstić information content (AvgIpc) is 2.72. The molecule has 0 spiro atoms. The molecule has 0 aliphatic heterocycles. The molecular formula is C23H13NO3. The maximum atomic E-state index is 13.2. The fourth-order valence-corrected chi connectivity index (χ4v) is 3.46. The van der Waals surface area contributed by atoms with Crippen LogP contribution in [0, 0.1) is 0 Å². The number of carbonyl (C=O) groups excluding carboxylic acids is 2. The van der Waals surface area contributed by atoms with Crippen LogP contribution in [0.4, 0.5) is 0 Å². The molecule has 0 saturated carbocycles. The maximum Gasteiger partial charge on any atom is 0.198 e. The number of para-hydroxylation sites is 1. The van der Waals surface area contributed by atoms with Crippen LogP contribution in [0.2, 0.25) is 0 Å². The van der Waals surface area contributed by atoms with Gasteiger partial charge in [-0.2, -0.15) is 0 Å². The molecule has 0 atom stereocenters. The Kier molecular flexibility index (Phi) is 3.37. The lowest BCUT2D eigenvalue weighted by atomic mass is 9.82. The molecule has 0 fully saturated rings. The maximum absolute atomic E-state index is 13.2. The summed E-state index contributed by atoms with van der Waals surface area (Å²) < 4.78 is 6.09. The third-order valence-corrected chi connectivity index (χ3v) is 4.70. The molecule has 3 aromatic carbocycles. The zero-order valence-corrected chi connectivity index (χ0v) is 14.2. The number of ketones is 2. The third kappa shape index (κ3) is 2.34. The Labute approximate surface area is 155 Å². The summed E-state index contributed by atoms with van der Waals surface area (Å²) in [7, 11) is 0. The number of nitrogens with zero attached hydrogens (tertiary/aromatic N) is 1. The van der Waals surface area contributed by atoms with Crippen molar-refractivity contribution in [2.24, 2.45) is 0 Å². The van der Waals surface area contributed by atoms with Gasteiger partial charge in [-0.1, -0.05) is 48.5 Å². The largest absolute Gasteiger partial charge is 0.454 e. The Bertz CT molecular complexity index is 1230. The van der Waals surface area contributed by atoms with Crippen molar-refractivity contribution in [3.05, 3.63) is 101 Å². The summed E-state index contributed by atoms with van der Waals surface area (Å²) in [4.78, 5) is 30.7. The topological polar surface area (TPSA) is 56.3 Å². The number of hydrogen-bond donors (Lipinski definition) is 0. The highest BCUT2D eigenvalue weighted by atomic mass is 16.5. The van der Waals surface area contributed by atoms with Gasteiger partial charge in [0.15, 0.2) is 17.3 Å². The minimum atomic E-state index is -0.223. The number of aromatic nitrogens is 1. The summed E-state index contributed by atoms with van der Waals surface area (Å²) in [6, 6.07) is 21.4. The first kappa shape index (κ1) is 15.5. The second-order valence-corrected chi connectivity index (χ2v) is 6.32. The zero-order chi connectivity index (χ0) is 18.4. The van der Waals surface area contributed by atoms with E-state index < -0.39 is 0 Å². The highest BCUT2D eigenvalue weighted by Gasteiger charge is 2.34. The van der Waals surface area contributed by atoms with Gasteiger partial charge in [-0.05, 0) is 24.3 Å². The number of fused-ring (bicyclic) bond motifs is 3. The Balaban J connectivity index is 1.83. The molecule has 0 amide bonds. The van der Waals surface area contributed by atoms with E-state index in [1.165, 1.54) is 0 Å². The summed E-state index contributed by atoms with van der Waals surface area (Å²) >= 11 is 0. The molecule has 0 unspecified atom stereocenters. The van der Waals surface area contributed by atoms with Gasteiger partial charge in [-0.3, -0.25) is 14.6 Å². The van der Waals surface area contributed by atoms with Gasteiger partial charge in [-0.25, -0.2) is 0 Å². The van der Waals surface area contributed by atoms with Crippen molar-refractivity contribution in [3.8, 4) is 11.5 Å². The molecule has 1 aliphatic carbocycles. The monoisotopic (exact) mass is 351 g/mol. The van der Waals surface area contributed by atoms with E-state index >= 15 is 0 Å². The average molecular weight is 351 g/mol. The van der Waals surface area contributed by atoms with Gasteiger partial charge >= 0.3 is 0 Å². The molecule has 0 radical (unpaired) electrons. The van der Waals surface area contributed by atoms with E-state index in [4.69, 9.17) is 4.74 Å². The van der Waals surface area contributed by atoms with Gasteiger partial charge < -0.3 is 4.74 Å². The predicted molar refractivity (Wildman–Crippen MR) is 102 cm³/mol. The highest BCUT2D eigenvalue weighted by Crippen LogP contribution is 2.40. The lowest BCUT2D eigenvalue weighted by Crippen LogP contribution is -2.21. The third-order valence-electron chi connectivity index (χ3n) is 4.70. The number of rotatable bonds is 2. The Morgan fingerprint density at radius 1 is 0.704 bits per heavy atom. The lowest BCUT2D eigenvalue weighted by Gasteiger charge is -2.21. The molecule has 4 heteroatoms. The smallest absolute Gasteiger partial charge is 0.198 e. The van der Waals surface area contributed by atoms with Crippen LogP contribution in [0.5, 0.6) is 11.5 Å². The van der Waals surface area contributed by atoms with Crippen molar-refractivity contribution >= 4 is 22.5 Å². The van der Waals surface area contributed by atoms with E-state index in [0.29, 0.717) is 33.7 Å². The van der Waals surface area contributed by atoms with Gasteiger partial charge in [-0.15, -0.1) is 0 Å². The van der Waals surface area contributed by atoms with E-state index in [0.717, 1.165) is 5.39 Å². The van der Waals surface area contributed by atoms with Gasteiger partial charge in [0, 0.05) is 28.3 Å². The first-order chi connectivity index (χ1) is 13.2. The summed E-state index contributed by atoms with van der Waals surface area (Å²) in [5.74, 6) is 0.502. The first-order valence-corrected chi connectivity index (χ1v) is 8.57. The van der Waals surface area contributed by atoms with Crippen LogP contribution in [0.1, 0.15) is 31.8 Å². The van der Waals surface area contributed by atoms with Crippen LogP contribution in [0.15, 0.2) is 79.0 Å². The fraction of sp³-hybridized carbons (Fsp3) is 0. The molecule has 1 aromatic heterocycles. The molecule has 0 N–H and O–H groups in total. The standard InChI is InChI=1S/C23H13NO3/c25-21-16-10-4-5-11-17(16)22(26)19-18(21)13-14-7-6-12-24-20(14)23(19)27-15-8-2-1-3-9-15/h1-13H. The minimum absolute atomic E-state index is 0.177. The first-order valence-electron chi connectivity index (χ1n) is 8.57. The molecular weight excluding hydrogens is 338 g/mol. The van der Waals surface area contributed by atoms with Gasteiger partial charge in [0.2, 0.25) is 0 Å². The predicted octanol–water partition coefficient (Wildman–Crippen LogP) is 4.80. The van der Waals surface area contributed by atoms with Crippen molar-refractivity contribution in [2.45, 2.75) is 0 Å². The van der Waals surface area contributed by atoms with Crippen LogP contribution in [0.25, 0.3) is 10.9 Å². The van der Waals surface area contributed by atoms with Crippen LogP contribution in [0.3, 0.4) is 0 Å². The van der Waals surface area contributed by atoms with E-state index in [-0.39, 0.29) is 17.1 Å². The molecule has 1 aliphatic rings. The van der Waals surface area contributed by atoms with E-state index in [9.17, 15) is 9.59 Å². The van der Waals surface area contributed by atoms with Crippen molar-refractivity contribution in [1.29, 1.82) is 0 Å². The summed E-state index contributed by atoms with van der Waals surface area (Å²) in [5.41, 5.74) is 1.99. The number of ether oxygens (including phenoxy) is 1. The summed E-state index contributed by atoms with van der Waals surface area (Å²) in [5, 5.41) is 0.753. The molecule has 0 bridgehead atoms. The van der Waals surface area contributed by atoms with E-state index in [1.54, 1.807) is 54.7 Å². The molecule has 4 nitrogen and oxygen atoms in total. The van der Waals surface area contributed by atoms with Crippen LogP contribution in [-0.2, 0) is 0 Å². The van der Waals surface area contributed by atoms with Gasteiger partial charge in [0.25, 0.3) is 0 Å². The number of hydrogen-bond acceptors (Lipinski definition) is 4. The van der Waals surface area contributed by atoms with Crippen molar-refractivity contribution < 1.29 is 14.3 Å². The second kappa shape index (κ2) is 5.88. The van der Waals surface area contributed by atoms with Crippen LogP contribution < -0.4 is 4.74 Å². The Morgan fingerprint density at radius 2 is 1.41 bits per heavy atom. The molecule has 5 rings (SSSR count). The zero-order valence-electron chi connectivity index (χ0n) is 14.2. The number of benzene rings is 3. The van der Waals surface area contributed by atoms with Gasteiger partial charge in [0.05, 0.1) is 5.56 Å². The number of carbonyl (C=O) groups is 2. The van der Waals surface area contributed by atoms with Crippen molar-refractivity contribution in [1.82, 2.24) is 4.98 Å². The Hall–Kier alpha value is -3.79. The van der Waals surface area contributed by atoms with Crippen molar-refractivity contribution in [2.75, 3.05) is 0 Å². The molecule has 1 heterocycles. The molecule has 0 saturated heterocycles. The quantitative estimate of drug-likeness (QED) is 0.458. The van der Waals surface area contributed by atoms with Gasteiger partial charge in [0.1, 0.15) is 11.3 Å². The number of pyridine rings is 1. The summed E-state index contributed by atoms with van der Waals surface area (Å²) in [6.07, 6.45) is 1.65. The fourth-order valence-electron chi connectivity index (χ4n) is 3.46. The SMILES string of the molecule is O=C1c2ccccc2C(=O)c2c1cc1cccnc1c2Oc1ccccc1. The molecule has 27 heavy (non-hydrogen) atoms. The van der Waals surface area contributed by atoms with Crippen molar-refractivity contribution in [3.63, 3.8) is 0 Å². The Morgan fingerprint density at radius 3 is 2.19 bits per heavy atom. The van der Waals surface area contributed by atoms with Crippen LogP contribution >= 0.6 is 0 Å². The van der Waals surface area contributed by atoms with Crippen LogP contribution in [-0.4, -0.2) is 16.6 Å². The normalized spacial score (nSPS) is 12.6. The molecule has 128 valence electrons. The van der Waals surface area contributed by atoms with E-state index in [2.05, 4.69) is 4.98 Å². The summed E-state index contributed by atoms with van der Waals surface area (Å²) in [6.45, 7) is 0.